The Balaban J connectivity index is 2.94. The maximum Gasteiger partial charge on any atom is 0.252 e. The zero-order valence-corrected chi connectivity index (χ0v) is 10.3. The molecule has 0 aliphatic heterocycles. The molecule has 3 heteroatoms. The molecule has 2 N–H and O–H groups in total. The van der Waals surface area contributed by atoms with Gasteiger partial charge in [0.2, 0.25) is 0 Å². The molecule has 0 saturated carbocycles. The van der Waals surface area contributed by atoms with Gasteiger partial charge in [-0.2, -0.15) is 0 Å². The molecule has 16 heavy (non-hydrogen) atoms. The summed E-state index contributed by atoms with van der Waals surface area (Å²) in [6.45, 7) is 7.40. The van der Waals surface area contributed by atoms with Crippen LogP contribution in [0.4, 0.5) is 0 Å². The Bertz CT molecular complexity index is 397. The molecule has 1 aromatic carbocycles. The lowest BCUT2D eigenvalue weighted by Crippen LogP contribution is -2.46. The van der Waals surface area contributed by atoms with E-state index in [-0.39, 0.29) is 12.5 Å². The molecule has 0 spiro atoms. The van der Waals surface area contributed by atoms with E-state index in [1.165, 1.54) is 0 Å². The van der Waals surface area contributed by atoms with Crippen molar-refractivity contribution in [3.8, 4) is 0 Å². The van der Waals surface area contributed by atoms with Gasteiger partial charge in [-0.15, -0.1) is 0 Å². The lowest BCUT2D eigenvalue weighted by molar-refractivity contribution is 0.0868. The maximum atomic E-state index is 12.0. The number of nitrogens with one attached hydrogen (secondary N) is 1. The topological polar surface area (TPSA) is 49.3 Å². The molecule has 0 atom stereocenters. The van der Waals surface area contributed by atoms with Gasteiger partial charge in [-0.05, 0) is 44.9 Å². The zero-order chi connectivity index (χ0) is 12.3. The number of aliphatic hydroxyl groups excluding tert-OH is 1. The van der Waals surface area contributed by atoms with Crippen LogP contribution in [-0.2, 0) is 0 Å². The lowest BCUT2D eigenvalue weighted by Gasteiger charge is -2.24. The lowest BCUT2D eigenvalue weighted by atomic mass is 10.0. The van der Waals surface area contributed by atoms with Gasteiger partial charge in [-0.3, -0.25) is 4.79 Å². The molecule has 88 valence electrons. The number of rotatable bonds is 3. The smallest absolute Gasteiger partial charge is 0.252 e. The quantitative estimate of drug-likeness (QED) is 0.817. The third-order valence-corrected chi connectivity index (χ3v) is 2.70. The van der Waals surface area contributed by atoms with Gasteiger partial charge >= 0.3 is 0 Å². The molecular weight excluding hydrogens is 202 g/mol. The van der Waals surface area contributed by atoms with E-state index in [9.17, 15) is 4.79 Å². The molecule has 1 amide bonds. The normalized spacial score (nSPS) is 11.3. The van der Waals surface area contributed by atoms with Crippen LogP contribution in [-0.4, -0.2) is 23.2 Å². The average molecular weight is 221 g/mol. The van der Waals surface area contributed by atoms with Crippen molar-refractivity contribution in [1.29, 1.82) is 0 Å². The highest BCUT2D eigenvalue weighted by Gasteiger charge is 2.20. The summed E-state index contributed by atoms with van der Waals surface area (Å²) >= 11 is 0. The zero-order valence-electron chi connectivity index (χ0n) is 10.3. The van der Waals surface area contributed by atoms with Gasteiger partial charge in [0.15, 0.2) is 0 Å². The second-order valence-electron chi connectivity index (χ2n) is 4.74. The third-order valence-electron chi connectivity index (χ3n) is 2.70. The average Bonchev–Trinajstić information content (AvgIpc) is 2.21. The van der Waals surface area contributed by atoms with Crippen LogP contribution in [0.1, 0.15) is 35.3 Å². The number of benzene rings is 1. The van der Waals surface area contributed by atoms with Gasteiger partial charge in [-0.25, -0.2) is 0 Å². The Kier molecular flexibility index (Phi) is 3.70. The van der Waals surface area contributed by atoms with Gasteiger partial charge in [0.05, 0.1) is 12.1 Å². The van der Waals surface area contributed by atoms with Gasteiger partial charge < -0.3 is 10.4 Å². The number of hydrogen-bond acceptors (Lipinski definition) is 2. The van der Waals surface area contributed by atoms with E-state index in [1.54, 1.807) is 19.9 Å². The van der Waals surface area contributed by atoms with Crippen LogP contribution in [0.5, 0.6) is 0 Å². The minimum atomic E-state index is -0.590. The number of carbonyl (C=O) groups is 1. The van der Waals surface area contributed by atoms with Crippen LogP contribution in [0.3, 0.4) is 0 Å². The van der Waals surface area contributed by atoms with E-state index >= 15 is 0 Å². The molecule has 0 bridgehead atoms. The fourth-order valence-electron chi connectivity index (χ4n) is 1.41. The molecule has 0 aliphatic rings. The minimum Gasteiger partial charge on any atom is -0.394 e. The number of amides is 1. The first-order valence-electron chi connectivity index (χ1n) is 5.37. The fraction of sp³-hybridized carbons (Fsp3) is 0.462. The van der Waals surface area contributed by atoms with E-state index in [4.69, 9.17) is 5.11 Å². The summed E-state index contributed by atoms with van der Waals surface area (Å²) < 4.78 is 0. The summed E-state index contributed by atoms with van der Waals surface area (Å²) in [5.41, 5.74) is 2.15. The van der Waals surface area contributed by atoms with Crippen LogP contribution >= 0.6 is 0 Å². The Hall–Kier alpha value is -1.35. The molecule has 0 radical (unpaired) electrons. The summed E-state index contributed by atoms with van der Waals surface area (Å²) in [5, 5.41) is 11.9. The molecule has 3 nitrogen and oxygen atoms in total. The van der Waals surface area contributed by atoms with E-state index in [1.807, 2.05) is 26.0 Å². The Labute approximate surface area is 96.5 Å². The molecule has 0 aromatic heterocycles. The van der Waals surface area contributed by atoms with Crippen LogP contribution < -0.4 is 5.32 Å². The van der Waals surface area contributed by atoms with Crippen LogP contribution in [0, 0.1) is 13.8 Å². The largest absolute Gasteiger partial charge is 0.394 e. The van der Waals surface area contributed by atoms with Gasteiger partial charge in [0.1, 0.15) is 0 Å². The van der Waals surface area contributed by atoms with Crippen molar-refractivity contribution in [3.05, 3.63) is 34.9 Å². The van der Waals surface area contributed by atoms with Crippen molar-refractivity contribution in [2.24, 2.45) is 0 Å². The van der Waals surface area contributed by atoms with Crippen molar-refractivity contribution in [1.82, 2.24) is 5.32 Å². The predicted molar refractivity (Wildman–Crippen MR) is 64.5 cm³/mol. The van der Waals surface area contributed by atoms with E-state index in [0.29, 0.717) is 5.56 Å². The van der Waals surface area contributed by atoms with E-state index < -0.39 is 5.54 Å². The monoisotopic (exact) mass is 221 g/mol. The minimum absolute atomic E-state index is 0.0798. The number of carbonyl (C=O) groups excluding carboxylic acids is 1. The van der Waals surface area contributed by atoms with Crippen molar-refractivity contribution < 1.29 is 9.90 Å². The second-order valence-corrected chi connectivity index (χ2v) is 4.74. The SMILES string of the molecule is Cc1cccc(C(=O)NC(C)(C)CO)c1C. The molecule has 0 aliphatic carbocycles. The van der Waals surface area contributed by atoms with E-state index in [0.717, 1.165) is 11.1 Å². The molecule has 0 heterocycles. The Morgan fingerprint density at radius 2 is 2.00 bits per heavy atom. The summed E-state index contributed by atoms with van der Waals surface area (Å²) in [6.07, 6.45) is 0. The summed E-state index contributed by atoms with van der Waals surface area (Å²) in [6, 6.07) is 5.64. The van der Waals surface area contributed by atoms with Gasteiger partial charge in [0, 0.05) is 5.56 Å². The molecule has 0 fully saturated rings. The van der Waals surface area contributed by atoms with E-state index in [2.05, 4.69) is 5.32 Å². The molecule has 0 unspecified atom stereocenters. The fourth-order valence-corrected chi connectivity index (χ4v) is 1.41. The first kappa shape index (κ1) is 12.7. The highest BCUT2D eigenvalue weighted by Crippen LogP contribution is 2.13. The van der Waals surface area contributed by atoms with Crippen molar-refractivity contribution in [3.63, 3.8) is 0 Å². The highest BCUT2D eigenvalue weighted by atomic mass is 16.3. The highest BCUT2D eigenvalue weighted by molar-refractivity contribution is 5.96. The first-order chi connectivity index (χ1) is 7.37. The van der Waals surface area contributed by atoms with Crippen molar-refractivity contribution in [2.75, 3.05) is 6.61 Å². The molecular formula is C13H19NO2. The van der Waals surface area contributed by atoms with Crippen LogP contribution in [0.2, 0.25) is 0 Å². The summed E-state index contributed by atoms with van der Waals surface area (Å²) in [5.74, 6) is -0.139. The summed E-state index contributed by atoms with van der Waals surface area (Å²) in [7, 11) is 0. The maximum absolute atomic E-state index is 12.0. The second kappa shape index (κ2) is 4.66. The van der Waals surface area contributed by atoms with Gasteiger partial charge in [-0.1, -0.05) is 12.1 Å². The van der Waals surface area contributed by atoms with Crippen LogP contribution in [0.25, 0.3) is 0 Å². The van der Waals surface area contributed by atoms with Gasteiger partial charge in [0.25, 0.3) is 5.91 Å². The third kappa shape index (κ3) is 2.83. The standard InChI is InChI=1S/C13H19NO2/c1-9-6-5-7-11(10(9)2)12(16)14-13(3,4)8-15/h5-7,15H,8H2,1-4H3,(H,14,16). The van der Waals surface area contributed by atoms with Crippen molar-refractivity contribution in [2.45, 2.75) is 33.2 Å². The number of hydrogen-bond donors (Lipinski definition) is 2. The predicted octanol–water partition coefficient (Wildman–Crippen LogP) is 1.80. The number of aryl methyl sites for hydroxylation is 1. The number of aliphatic hydroxyl groups is 1. The Morgan fingerprint density at radius 3 is 2.56 bits per heavy atom. The molecule has 0 saturated heterocycles. The van der Waals surface area contributed by atoms with Crippen molar-refractivity contribution >= 4 is 5.91 Å². The molecule has 1 rings (SSSR count). The summed E-state index contributed by atoms with van der Waals surface area (Å²) in [4.78, 5) is 12.0. The Morgan fingerprint density at radius 1 is 1.38 bits per heavy atom. The first-order valence-corrected chi connectivity index (χ1v) is 5.37. The van der Waals surface area contributed by atoms with Crippen LogP contribution in [0.15, 0.2) is 18.2 Å². The molecule has 1 aromatic rings.